The second-order valence-corrected chi connectivity index (χ2v) is 12.5. The molecule has 0 aliphatic carbocycles. The molecule has 3 heteroatoms. The first-order valence-corrected chi connectivity index (χ1v) is 13.2. The van der Waals surface area contributed by atoms with Crippen LogP contribution >= 0.6 is 11.8 Å². The number of unbranched alkanes of at least 4 members (excludes halogenated alkanes) is 1. The zero-order valence-corrected chi connectivity index (χ0v) is 22.5. The smallest absolute Gasteiger partial charge is 0.123 e. The highest BCUT2D eigenvalue weighted by Gasteiger charge is 2.29. The quantitative estimate of drug-likeness (QED) is 0.392. The van der Waals surface area contributed by atoms with E-state index in [0.29, 0.717) is 11.5 Å². The van der Waals surface area contributed by atoms with E-state index in [2.05, 4.69) is 86.6 Å². The summed E-state index contributed by atoms with van der Waals surface area (Å²) in [7, 11) is 0. The molecule has 2 aromatic carbocycles. The lowest BCUT2D eigenvalue weighted by Gasteiger charge is -2.29. The summed E-state index contributed by atoms with van der Waals surface area (Å²) in [6.07, 6.45) is 3.32. The molecule has 2 N–H and O–H groups in total. The SMILES string of the molecule is CCCCSCCC(c1cc(C)cc(C(C)(C)C)c1O)c1cc(C)cc(C(C)(C)C)c1O. The van der Waals surface area contributed by atoms with E-state index in [0.717, 1.165) is 51.3 Å². The number of benzene rings is 2. The second kappa shape index (κ2) is 10.5. The van der Waals surface area contributed by atoms with Gasteiger partial charge in [0.2, 0.25) is 0 Å². The lowest BCUT2D eigenvalue weighted by molar-refractivity contribution is 0.427. The van der Waals surface area contributed by atoms with Crippen molar-refractivity contribution >= 4 is 11.8 Å². The first-order valence-electron chi connectivity index (χ1n) is 12.0. The van der Waals surface area contributed by atoms with Crippen LogP contribution < -0.4 is 0 Å². The zero-order valence-electron chi connectivity index (χ0n) is 21.7. The average Bonchev–Trinajstić information content (AvgIpc) is 2.66. The molecule has 0 aliphatic heterocycles. The molecule has 0 saturated carbocycles. The lowest BCUT2D eigenvalue weighted by Crippen LogP contribution is -2.16. The molecule has 178 valence electrons. The molecular weight excluding hydrogens is 412 g/mol. The minimum absolute atomic E-state index is 0.0499. The van der Waals surface area contributed by atoms with Crippen molar-refractivity contribution in [3.63, 3.8) is 0 Å². The molecule has 0 saturated heterocycles. The maximum Gasteiger partial charge on any atom is 0.123 e. The number of phenolic OH excluding ortho intramolecular Hbond substituents is 2. The third-order valence-electron chi connectivity index (χ3n) is 6.13. The monoisotopic (exact) mass is 456 g/mol. The molecule has 0 amide bonds. The minimum atomic E-state index is -0.156. The number of rotatable bonds is 8. The van der Waals surface area contributed by atoms with E-state index in [9.17, 15) is 10.2 Å². The van der Waals surface area contributed by atoms with E-state index < -0.39 is 0 Å². The van der Waals surface area contributed by atoms with Gasteiger partial charge in [0, 0.05) is 17.0 Å². The Morgan fingerprint density at radius 3 is 1.56 bits per heavy atom. The fraction of sp³-hybridized carbons (Fsp3) is 0.586. The van der Waals surface area contributed by atoms with Crippen LogP contribution in [0, 0.1) is 13.8 Å². The Morgan fingerprint density at radius 1 is 0.750 bits per heavy atom. The molecule has 2 aromatic rings. The molecule has 0 unspecified atom stereocenters. The van der Waals surface area contributed by atoms with Crippen molar-refractivity contribution in [2.24, 2.45) is 0 Å². The van der Waals surface area contributed by atoms with E-state index in [1.807, 2.05) is 11.8 Å². The highest BCUT2D eigenvalue weighted by molar-refractivity contribution is 7.99. The van der Waals surface area contributed by atoms with E-state index in [1.54, 1.807) is 0 Å². The topological polar surface area (TPSA) is 40.5 Å². The molecule has 0 radical (unpaired) electrons. The Bertz CT molecular complexity index is 847. The van der Waals surface area contributed by atoms with E-state index in [-0.39, 0.29) is 16.7 Å². The number of hydrogen-bond donors (Lipinski definition) is 2. The maximum absolute atomic E-state index is 11.4. The Hall–Kier alpha value is -1.61. The Balaban J connectivity index is 2.67. The molecular formula is C29H44O2S. The van der Waals surface area contributed by atoms with Crippen molar-refractivity contribution < 1.29 is 10.2 Å². The number of hydrogen-bond acceptors (Lipinski definition) is 3. The van der Waals surface area contributed by atoms with Gasteiger partial charge in [0.25, 0.3) is 0 Å². The van der Waals surface area contributed by atoms with Crippen LogP contribution in [0.2, 0.25) is 0 Å². The van der Waals surface area contributed by atoms with Crippen LogP contribution in [0.4, 0.5) is 0 Å². The van der Waals surface area contributed by atoms with Crippen LogP contribution in [0.5, 0.6) is 11.5 Å². The van der Waals surface area contributed by atoms with Gasteiger partial charge in [-0.2, -0.15) is 11.8 Å². The Labute approximate surface area is 200 Å². The molecule has 2 nitrogen and oxygen atoms in total. The van der Waals surface area contributed by atoms with Crippen molar-refractivity contribution in [2.75, 3.05) is 11.5 Å². The van der Waals surface area contributed by atoms with Crippen molar-refractivity contribution in [3.8, 4) is 11.5 Å². The summed E-state index contributed by atoms with van der Waals surface area (Å²) < 4.78 is 0. The van der Waals surface area contributed by atoms with Gasteiger partial charge in [0.15, 0.2) is 0 Å². The largest absolute Gasteiger partial charge is 0.507 e. The standard InChI is InChI=1S/C29H44O2S/c1-10-11-13-32-14-12-21(22-15-19(2)17-24(26(22)30)28(4,5)6)23-16-20(3)18-25(27(23)31)29(7,8)9/h15-18,21,30-31H,10-14H2,1-9H3. The van der Waals surface area contributed by atoms with Gasteiger partial charge in [-0.25, -0.2) is 0 Å². The van der Waals surface area contributed by atoms with Gasteiger partial charge >= 0.3 is 0 Å². The molecule has 0 fully saturated rings. The van der Waals surface area contributed by atoms with E-state index in [1.165, 1.54) is 12.8 Å². The summed E-state index contributed by atoms with van der Waals surface area (Å²) in [5, 5.41) is 22.8. The zero-order chi connectivity index (χ0) is 24.3. The summed E-state index contributed by atoms with van der Waals surface area (Å²) >= 11 is 1.97. The highest BCUT2D eigenvalue weighted by Crippen LogP contribution is 2.46. The van der Waals surface area contributed by atoms with Crippen molar-refractivity contribution in [1.29, 1.82) is 0 Å². The molecule has 0 atom stereocenters. The van der Waals surface area contributed by atoms with Crippen LogP contribution in [-0.2, 0) is 10.8 Å². The summed E-state index contributed by atoms with van der Waals surface area (Å²) in [6.45, 7) is 19.3. The molecule has 0 spiro atoms. The van der Waals surface area contributed by atoms with Crippen LogP contribution in [0.1, 0.15) is 107 Å². The Kier molecular flexibility index (Phi) is 8.78. The molecule has 0 aliphatic rings. The first kappa shape index (κ1) is 26.6. The molecule has 0 heterocycles. The van der Waals surface area contributed by atoms with Crippen molar-refractivity contribution in [2.45, 2.75) is 98.3 Å². The van der Waals surface area contributed by atoms with E-state index >= 15 is 0 Å². The first-order chi connectivity index (χ1) is 14.8. The fourth-order valence-corrected chi connectivity index (χ4v) is 5.42. The summed E-state index contributed by atoms with van der Waals surface area (Å²) in [5.74, 6) is 2.87. The van der Waals surface area contributed by atoms with Crippen LogP contribution in [0.25, 0.3) is 0 Å². The number of aromatic hydroxyl groups is 2. The molecule has 0 bridgehead atoms. The summed E-state index contributed by atoms with van der Waals surface area (Å²) in [6, 6.07) is 8.43. The summed E-state index contributed by atoms with van der Waals surface area (Å²) in [4.78, 5) is 0. The van der Waals surface area contributed by atoms with Gasteiger partial charge < -0.3 is 10.2 Å². The second-order valence-electron chi connectivity index (χ2n) is 11.3. The van der Waals surface area contributed by atoms with Gasteiger partial charge in [0.05, 0.1) is 0 Å². The van der Waals surface area contributed by atoms with Gasteiger partial charge in [-0.15, -0.1) is 0 Å². The predicted octanol–water partition coefficient (Wildman–Crippen LogP) is 8.36. The van der Waals surface area contributed by atoms with Gasteiger partial charge in [-0.05, 0) is 60.2 Å². The van der Waals surface area contributed by atoms with Gasteiger partial charge in [0.1, 0.15) is 11.5 Å². The maximum atomic E-state index is 11.4. The molecule has 0 aromatic heterocycles. The highest BCUT2D eigenvalue weighted by atomic mass is 32.2. The number of aryl methyl sites for hydroxylation is 2. The fourth-order valence-electron chi connectivity index (χ4n) is 4.32. The van der Waals surface area contributed by atoms with E-state index in [4.69, 9.17) is 0 Å². The third-order valence-corrected chi connectivity index (χ3v) is 7.23. The predicted molar refractivity (Wildman–Crippen MR) is 142 cm³/mol. The van der Waals surface area contributed by atoms with Gasteiger partial charge in [-0.3, -0.25) is 0 Å². The molecule has 2 rings (SSSR count). The third kappa shape index (κ3) is 6.47. The van der Waals surface area contributed by atoms with Crippen LogP contribution in [0.3, 0.4) is 0 Å². The average molecular weight is 457 g/mol. The van der Waals surface area contributed by atoms with Crippen molar-refractivity contribution in [3.05, 3.63) is 57.6 Å². The normalized spacial score (nSPS) is 12.6. The van der Waals surface area contributed by atoms with Crippen LogP contribution in [-0.4, -0.2) is 21.7 Å². The van der Waals surface area contributed by atoms with Crippen LogP contribution in [0.15, 0.2) is 24.3 Å². The number of phenols is 2. The van der Waals surface area contributed by atoms with Gasteiger partial charge in [-0.1, -0.05) is 90.3 Å². The van der Waals surface area contributed by atoms with Crippen molar-refractivity contribution in [1.82, 2.24) is 0 Å². The summed E-state index contributed by atoms with van der Waals surface area (Å²) in [5.41, 5.74) is 5.80. The number of thioether (sulfide) groups is 1. The minimum Gasteiger partial charge on any atom is -0.507 e. The molecule has 32 heavy (non-hydrogen) atoms. The lowest BCUT2D eigenvalue weighted by atomic mass is 9.77. The Morgan fingerprint density at radius 2 is 1.19 bits per heavy atom.